The normalized spacial score (nSPS) is 20.0. The first kappa shape index (κ1) is 22.0. The van der Waals surface area contributed by atoms with Crippen molar-refractivity contribution in [1.29, 1.82) is 0 Å². The zero-order chi connectivity index (χ0) is 22.8. The molecule has 0 spiro atoms. The minimum Gasteiger partial charge on any atom is -0.365 e. The number of halogens is 1. The van der Waals surface area contributed by atoms with Gasteiger partial charge in [-0.1, -0.05) is 26.0 Å². The molecule has 7 nitrogen and oxygen atoms in total. The van der Waals surface area contributed by atoms with Crippen LogP contribution < -0.4 is 15.1 Å². The van der Waals surface area contributed by atoms with Crippen LogP contribution in [0.1, 0.15) is 25.8 Å². The third-order valence-electron chi connectivity index (χ3n) is 6.46. The van der Waals surface area contributed by atoms with E-state index in [4.69, 9.17) is 0 Å². The largest absolute Gasteiger partial charge is 0.365 e. The van der Waals surface area contributed by atoms with Gasteiger partial charge in [0.25, 0.3) is 5.69 Å². The van der Waals surface area contributed by atoms with Crippen LogP contribution in [0.25, 0.3) is 0 Å². The number of nitrogens with one attached hydrogen (secondary N) is 1. The Bertz CT molecular complexity index is 1010. The summed E-state index contributed by atoms with van der Waals surface area (Å²) in [7, 11) is 0. The summed E-state index contributed by atoms with van der Waals surface area (Å²) in [5.74, 6) is -0.210. The highest BCUT2D eigenvalue weighted by atomic mass is 19.1. The SMILES string of the molecule is CC(C)CCNC(=O)[C@@H]1Cc2cc([N+](=O)[O-])ccc2N2CCN(c3ccccc3F)C[C@H]12. The quantitative estimate of drug-likeness (QED) is 0.547. The first-order chi connectivity index (χ1) is 15.3. The summed E-state index contributed by atoms with van der Waals surface area (Å²) in [5, 5.41) is 14.4. The van der Waals surface area contributed by atoms with Gasteiger partial charge in [0.05, 0.1) is 22.6 Å². The van der Waals surface area contributed by atoms with Gasteiger partial charge in [0.1, 0.15) is 5.82 Å². The van der Waals surface area contributed by atoms with Crippen molar-refractivity contribution < 1.29 is 14.1 Å². The predicted molar refractivity (Wildman–Crippen MR) is 123 cm³/mol. The molecule has 0 bridgehead atoms. The average Bonchev–Trinajstić information content (AvgIpc) is 2.77. The molecule has 1 N–H and O–H groups in total. The Hall–Kier alpha value is -3.16. The molecule has 0 unspecified atom stereocenters. The molecule has 2 aliphatic heterocycles. The summed E-state index contributed by atoms with van der Waals surface area (Å²) in [4.78, 5) is 28.3. The van der Waals surface area contributed by atoms with Gasteiger partial charge in [0, 0.05) is 44.0 Å². The molecule has 2 aliphatic rings. The number of nitro groups is 1. The highest BCUT2D eigenvalue weighted by Gasteiger charge is 2.42. The summed E-state index contributed by atoms with van der Waals surface area (Å²) in [6.45, 7) is 6.54. The van der Waals surface area contributed by atoms with E-state index in [2.05, 4.69) is 24.1 Å². The topological polar surface area (TPSA) is 78.7 Å². The van der Waals surface area contributed by atoms with E-state index in [-0.39, 0.29) is 29.4 Å². The maximum Gasteiger partial charge on any atom is 0.269 e. The van der Waals surface area contributed by atoms with Crippen LogP contribution >= 0.6 is 0 Å². The molecule has 2 atom stereocenters. The van der Waals surface area contributed by atoms with Crippen LogP contribution in [-0.2, 0) is 11.2 Å². The van der Waals surface area contributed by atoms with Crippen LogP contribution in [0.3, 0.4) is 0 Å². The molecular weight excluding hydrogens is 411 g/mol. The maximum atomic E-state index is 14.5. The Morgan fingerprint density at radius 2 is 2.00 bits per heavy atom. The fourth-order valence-corrected chi connectivity index (χ4v) is 4.77. The second-order valence-electron chi connectivity index (χ2n) is 9.01. The first-order valence-corrected chi connectivity index (χ1v) is 11.2. The van der Waals surface area contributed by atoms with Gasteiger partial charge in [0.15, 0.2) is 0 Å². The summed E-state index contributed by atoms with van der Waals surface area (Å²) in [5.41, 5.74) is 2.32. The van der Waals surface area contributed by atoms with Gasteiger partial charge in [-0.3, -0.25) is 14.9 Å². The van der Waals surface area contributed by atoms with Crippen molar-refractivity contribution in [2.45, 2.75) is 32.7 Å². The molecule has 0 aliphatic carbocycles. The van der Waals surface area contributed by atoms with Crippen molar-refractivity contribution in [2.75, 3.05) is 36.0 Å². The number of carbonyl (C=O) groups excluding carboxylic acids is 1. The lowest BCUT2D eigenvalue weighted by molar-refractivity contribution is -0.384. The minimum absolute atomic E-state index is 0.0335. The monoisotopic (exact) mass is 440 g/mol. The van der Waals surface area contributed by atoms with E-state index in [9.17, 15) is 19.3 Å². The number of benzene rings is 2. The third-order valence-corrected chi connectivity index (χ3v) is 6.46. The molecule has 170 valence electrons. The molecule has 0 radical (unpaired) electrons. The molecule has 0 saturated carbocycles. The number of carbonyl (C=O) groups is 1. The molecule has 2 heterocycles. The van der Waals surface area contributed by atoms with Crippen molar-refractivity contribution in [1.82, 2.24) is 5.32 Å². The number of piperazine rings is 1. The molecule has 32 heavy (non-hydrogen) atoms. The fraction of sp³-hybridized carbons (Fsp3) is 0.458. The second kappa shape index (κ2) is 9.14. The molecule has 2 aromatic carbocycles. The number of para-hydroxylation sites is 1. The van der Waals surface area contributed by atoms with Gasteiger partial charge in [-0.2, -0.15) is 0 Å². The number of fused-ring (bicyclic) bond motifs is 3. The van der Waals surface area contributed by atoms with Crippen molar-refractivity contribution in [3.63, 3.8) is 0 Å². The van der Waals surface area contributed by atoms with Gasteiger partial charge in [0.2, 0.25) is 5.91 Å². The molecular formula is C24H29FN4O3. The summed E-state index contributed by atoms with van der Waals surface area (Å²) in [6.07, 6.45) is 1.31. The van der Waals surface area contributed by atoms with Gasteiger partial charge >= 0.3 is 0 Å². The molecule has 2 aromatic rings. The molecule has 1 fully saturated rings. The van der Waals surface area contributed by atoms with Crippen molar-refractivity contribution in [2.24, 2.45) is 11.8 Å². The van der Waals surface area contributed by atoms with E-state index >= 15 is 0 Å². The number of amides is 1. The summed E-state index contributed by atoms with van der Waals surface area (Å²) < 4.78 is 14.5. The van der Waals surface area contributed by atoms with Crippen LogP contribution in [0.15, 0.2) is 42.5 Å². The lowest BCUT2D eigenvalue weighted by Gasteiger charge is -2.49. The van der Waals surface area contributed by atoms with E-state index < -0.39 is 4.92 Å². The standard InChI is InChI=1S/C24H29FN4O3/c1-16(2)9-10-26-24(30)19-14-17-13-18(29(31)32)7-8-21(17)28-12-11-27(15-23(19)28)22-6-4-3-5-20(22)25/h3-8,13,16,19,23H,9-12,14-15H2,1-2H3,(H,26,30)/t19-,23-/m1/s1. The number of hydrogen-bond acceptors (Lipinski definition) is 5. The van der Waals surface area contributed by atoms with Crippen LogP contribution in [0.5, 0.6) is 0 Å². The molecule has 0 aromatic heterocycles. The van der Waals surface area contributed by atoms with Crippen LogP contribution in [0.2, 0.25) is 0 Å². The predicted octanol–water partition coefficient (Wildman–Crippen LogP) is 3.76. The van der Waals surface area contributed by atoms with Crippen LogP contribution in [0, 0.1) is 27.8 Å². The Morgan fingerprint density at radius 1 is 1.22 bits per heavy atom. The Morgan fingerprint density at radius 3 is 2.72 bits per heavy atom. The number of nitrogens with zero attached hydrogens (tertiary/aromatic N) is 3. The number of rotatable bonds is 6. The summed E-state index contributed by atoms with van der Waals surface area (Å²) >= 11 is 0. The van der Waals surface area contributed by atoms with E-state index in [1.165, 1.54) is 12.1 Å². The Balaban J connectivity index is 1.64. The highest BCUT2D eigenvalue weighted by Crippen LogP contribution is 2.38. The zero-order valence-corrected chi connectivity index (χ0v) is 18.5. The smallest absolute Gasteiger partial charge is 0.269 e. The first-order valence-electron chi connectivity index (χ1n) is 11.2. The van der Waals surface area contributed by atoms with Crippen molar-refractivity contribution in [3.8, 4) is 0 Å². The second-order valence-corrected chi connectivity index (χ2v) is 9.01. The lowest BCUT2D eigenvalue weighted by Crippen LogP contribution is -2.61. The van der Waals surface area contributed by atoms with Gasteiger partial charge < -0.3 is 15.1 Å². The highest BCUT2D eigenvalue weighted by molar-refractivity contribution is 5.82. The molecule has 1 amide bonds. The van der Waals surface area contributed by atoms with Gasteiger partial charge in [-0.15, -0.1) is 0 Å². The van der Waals surface area contributed by atoms with E-state index in [1.807, 2.05) is 11.0 Å². The van der Waals surface area contributed by atoms with E-state index in [1.54, 1.807) is 24.3 Å². The minimum atomic E-state index is -0.403. The molecule has 8 heteroatoms. The third kappa shape index (κ3) is 4.40. The zero-order valence-electron chi connectivity index (χ0n) is 18.5. The fourth-order valence-electron chi connectivity index (χ4n) is 4.77. The number of hydrogen-bond donors (Lipinski definition) is 1. The Labute approximate surface area is 187 Å². The van der Waals surface area contributed by atoms with Gasteiger partial charge in [-0.05, 0) is 42.5 Å². The van der Waals surface area contributed by atoms with Crippen LogP contribution in [-0.4, -0.2) is 43.1 Å². The van der Waals surface area contributed by atoms with Crippen molar-refractivity contribution in [3.05, 3.63) is 64.0 Å². The lowest BCUT2D eigenvalue weighted by atomic mass is 9.83. The van der Waals surface area contributed by atoms with Crippen LogP contribution in [0.4, 0.5) is 21.5 Å². The Kier molecular flexibility index (Phi) is 6.30. The number of anilines is 2. The van der Waals surface area contributed by atoms with E-state index in [0.717, 1.165) is 17.7 Å². The maximum absolute atomic E-state index is 14.5. The average molecular weight is 441 g/mol. The molecule has 4 rings (SSSR count). The number of non-ortho nitro benzene ring substituents is 1. The summed E-state index contributed by atoms with van der Waals surface area (Å²) in [6, 6.07) is 11.4. The van der Waals surface area contributed by atoms with Gasteiger partial charge in [-0.25, -0.2) is 4.39 Å². The van der Waals surface area contributed by atoms with Crippen molar-refractivity contribution >= 4 is 23.0 Å². The number of nitro benzene ring substituents is 1. The van der Waals surface area contributed by atoms with E-state index in [0.29, 0.717) is 44.2 Å². The molecule has 1 saturated heterocycles.